The van der Waals surface area contributed by atoms with Crippen LogP contribution in [0.2, 0.25) is 0 Å². The van der Waals surface area contributed by atoms with Gasteiger partial charge in [-0.2, -0.15) is 5.26 Å². The van der Waals surface area contributed by atoms with Gasteiger partial charge in [0.15, 0.2) is 16.7 Å². The Kier molecular flexibility index (Phi) is 6.80. The van der Waals surface area contributed by atoms with Crippen LogP contribution >= 0.6 is 11.8 Å². The summed E-state index contributed by atoms with van der Waals surface area (Å²) in [7, 11) is 0. The largest absolute Gasteiger partial charge is 0.490 e. The van der Waals surface area contributed by atoms with Crippen LogP contribution in [0.1, 0.15) is 32.4 Å². The molecule has 0 spiro atoms. The van der Waals surface area contributed by atoms with E-state index in [-0.39, 0.29) is 11.7 Å². The lowest BCUT2D eigenvalue weighted by Crippen LogP contribution is -2.39. The number of amidine groups is 1. The number of nitriles is 1. The Labute approximate surface area is 202 Å². The van der Waals surface area contributed by atoms with E-state index in [1.54, 1.807) is 11.8 Å². The second-order valence-corrected chi connectivity index (χ2v) is 8.46. The maximum absolute atomic E-state index is 13.5. The molecule has 1 atom stereocenters. The van der Waals surface area contributed by atoms with Crippen LogP contribution in [-0.2, 0) is 4.79 Å². The molecule has 2 aromatic carbocycles. The van der Waals surface area contributed by atoms with Crippen LogP contribution in [-0.4, -0.2) is 29.2 Å². The number of allylic oxidation sites excluding steroid dienone is 2. The van der Waals surface area contributed by atoms with E-state index < -0.39 is 6.04 Å². The number of aliphatic imine (C=N–C) groups is 1. The standard InChI is InChI=1S/C25H25N5O3S/c1-4-32-18-12-11-16(13-19(18)33-5-2)22-21(24(31)29-17-9-7-6-8-10-17)15(3)28-25-30(22)23(27)20(14-26)34-25/h6-13,22H,4-5,27H2,1-3H3,(H,29,31)/t22-/m1/s1. The molecule has 2 heterocycles. The van der Waals surface area contributed by atoms with Gasteiger partial charge in [-0.1, -0.05) is 24.3 Å². The van der Waals surface area contributed by atoms with Crippen LogP contribution in [0.4, 0.5) is 5.69 Å². The number of rotatable bonds is 7. The quantitative estimate of drug-likeness (QED) is 0.606. The zero-order chi connectivity index (χ0) is 24.2. The van der Waals surface area contributed by atoms with Crippen molar-refractivity contribution in [2.45, 2.75) is 26.8 Å². The van der Waals surface area contributed by atoms with Crippen molar-refractivity contribution < 1.29 is 14.3 Å². The molecule has 0 unspecified atom stereocenters. The van der Waals surface area contributed by atoms with Crippen molar-refractivity contribution in [3.05, 3.63) is 76.1 Å². The molecule has 0 aromatic heterocycles. The molecule has 34 heavy (non-hydrogen) atoms. The first-order chi connectivity index (χ1) is 16.5. The Hall–Kier alpha value is -3.90. The SMILES string of the molecule is CCOc1ccc([C@@H]2C(C(=O)Nc3ccccc3)=C(C)N=C3SC(C#N)=C(N)N32)cc1OCC. The van der Waals surface area contributed by atoms with E-state index in [1.165, 1.54) is 11.8 Å². The van der Waals surface area contributed by atoms with Gasteiger partial charge in [-0.05, 0) is 62.4 Å². The van der Waals surface area contributed by atoms with Crippen LogP contribution in [0.25, 0.3) is 0 Å². The van der Waals surface area contributed by atoms with Gasteiger partial charge in [-0.25, -0.2) is 4.99 Å². The second-order valence-electron chi connectivity index (χ2n) is 7.49. The lowest BCUT2D eigenvalue weighted by molar-refractivity contribution is -0.113. The number of anilines is 1. The molecule has 0 radical (unpaired) electrons. The highest BCUT2D eigenvalue weighted by Crippen LogP contribution is 2.46. The van der Waals surface area contributed by atoms with Crippen LogP contribution < -0.4 is 20.5 Å². The molecule has 9 heteroatoms. The minimum atomic E-state index is -0.607. The average Bonchev–Trinajstić information content (AvgIpc) is 3.15. The Morgan fingerprint density at radius 3 is 2.56 bits per heavy atom. The minimum Gasteiger partial charge on any atom is -0.490 e. The fraction of sp³-hybridized carbons (Fsp3) is 0.240. The highest BCUT2D eigenvalue weighted by Gasteiger charge is 2.42. The van der Waals surface area contributed by atoms with Gasteiger partial charge in [0, 0.05) is 5.69 Å². The van der Waals surface area contributed by atoms with E-state index in [0.29, 0.717) is 51.7 Å². The van der Waals surface area contributed by atoms with E-state index >= 15 is 0 Å². The molecule has 0 saturated heterocycles. The van der Waals surface area contributed by atoms with Gasteiger partial charge in [0.2, 0.25) is 0 Å². The van der Waals surface area contributed by atoms with E-state index in [9.17, 15) is 10.1 Å². The topological polar surface area (TPSA) is 113 Å². The molecule has 2 aromatic rings. The summed E-state index contributed by atoms with van der Waals surface area (Å²) < 4.78 is 11.5. The van der Waals surface area contributed by atoms with Crippen molar-refractivity contribution >= 4 is 28.5 Å². The lowest BCUT2D eigenvalue weighted by Gasteiger charge is -2.35. The summed E-state index contributed by atoms with van der Waals surface area (Å²) in [6.07, 6.45) is 0. The first-order valence-electron chi connectivity index (χ1n) is 10.9. The maximum Gasteiger partial charge on any atom is 0.255 e. The van der Waals surface area contributed by atoms with Gasteiger partial charge in [0.25, 0.3) is 5.91 Å². The van der Waals surface area contributed by atoms with Gasteiger partial charge in [0.1, 0.15) is 16.8 Å². The predicted molar refractivity (Wildman–Crippen MR) is 133 cm³/mol. The number of hydrogen-bond acceptors (Lipinski definition) is 8. The first-order valence-corrected chi connectivity index (χ1v) is 11.7. The summed E-state index contributed by atoms with van der Waals surface area (Å²) in [5.74, 6) is 1.15. The van der Waals surface area contributed by atoms with Crippen molar-refractivity contribution in [2.75, 3.05) is 18.5 Å². The number of nitrogens with one attached hydrogen (secondary N) is 1. The second kappa shape index (κ2) is 9.93. The van der Waals surface area contributed by atoms with Crippen molar-refractivity contribution in [1.29, 1.82) is 5.26 Å². The van der Waals surface area contributed by atoms with E-state index in [0.717, 1.165) is 5.56 Å². The number of carbonyl (C=O) groups is 1. The Morgan fingerprint density at radius 1 is 1.18 bits per heavy atom. The molecule has 1 amide bonds. The molecule has 0 saturated carbocycles. The minimum absolute atomic E-state index is 0.264. The molecule has 2 aliphatic rings. The van der Waals surface area contributed by atoms with Gasteiger partial charge < -0.3 is 20.5 Å². The van der Waals surface area contributed by atoms with Crippen LogP contribution in [0, 0.1) is 11.3 Å². The zero-order valence-corrected chi connectivity index (χ0v) is 20.0. The molecule has 3 N–H and O–H groups in total. The number of fused-ring (bicyclic) bond motifs is 1. The summed E-state index contributed by atoms with van der Waals surface area (Å²) >= 11 is 1.20. The molecular weight excluding hydrogens is 450 g/mol. The number of benzene rings is 2. The molecule has 2 aliphatic heterocycles. The monoisotopic (exact) mass is 475 g/mol. The number of thioether (sulfide) groups is 1. The Bertz CT molecular complexity index is 1250. The van der Waals surface area contributed by atoms with Gasteiger partial charge in [0.05, 0.1) is 30.5 Å². The van der Waals surface area contributed by atoms with Crippen molar-refractivity contribution in [1.82, 2.24) is 4.90 Å². The average molecular weight is 476 g/mol. The number of hydrogen-bond donors (Lipinski definition) is 2. The van der Waals surface area contributed by atoms with Crippen LogP contribution in [0.3, 0.4) is 0 Å². The molecule has 8 nitrogen and oxygen atoms in total. The lowest BCUT2D eigenvalue weighted by atomic mass is 9.93. The molecule has 0 aliphatic carbocycles. The zero-order valence-electron chi connectivity index (χ0n) is 19.2. The number of para-hydroxylation sites is 1. The molecule has 4 rings (SSSR count). The fourth-order valence-corrected chi connectivity index (χ4v) is 4.82. The smallest absolute Gasteiger partial charge is 0.255 e. The highest BCUT2D eigenvalue weighted by atomic mass is 32.2. The summed E-state index contributed by atoms with van der Waals surface area (Å²) in [5, 5.41) is 13.1. The third kappa shape index (κ3) is 4.32. The van der Waals surface area contributed by atoms with E-state index in [2.05, 4.69) is 16.4 Å². The summed E-state index contributed by atoms with van der Waals surface area (Å²) in [4.78, 5) is 20.2. The van der Waals surface area contributed by atoms with Gasteiger partial charge in [-0.3, -0.25) is 9.69 Å². The van der Waals surface area contributed by atoms with E-state index in [4.69, 9.17) is 15.2 Å². The molecular formula is C25H25N5O3S. The van der Waals surface area contributed by atoms with Gasteiger partial charge in [-0.15, -0.1) is 0 Å². The number of ether oxygens (including phenoxy) is 2. The molecule has 0 fully saturated rings. The number of nitrogens with zero attached hydrogens (tertiary/aromatic N) is 3. The van der Waals surface area contributed by atoms with Crippen molar-refractivity contribution in [3.8, 4) is 17.6 Å². The third-order valence-electron chi connectivity index (χ3n) is 5.34. The Balaban J connectivity index is 1.84. The number of nitrogens with two attached hydrogens (primary N) is 1. The summed E-state index contributed by atoms with van der Waals surface area (Å²) in [6.45, 7) is 6.54. The highest BCUT2D eigenvalue weighted by molar-refractivity contribution is 8.17. The van der Waals surface area contributed by atoms with Crippen molar-refractivity contribution in [2.24, 2.45) is 10.7 Å². The van der Waals surface area contributed by atoms with Crippen LogP contribution in [0.5, 0.6) is 11.5 Å². The molecule has 174 valence electrons. The van der Waals surface area contributed by atoms with E-state index in [1.807, 2.05) is 62.4 Å². The van der Waals surface area contributed by atoms with Crippen molar-refractivity contribution in [3.63, 3.8) is 0 Å². The number of carbonyl (C=O) groups excluding carboxylic acids is 1. The third-order valence-corrected chi connectivity index (χ3v) is 6.31. The number of amides is 1. The maximum atomic E-state index is 13.5. The normalized spacial score (nSPS) is 17.2. The fourth-order valence-electron chi connectivity index (χ4n) is 3.90. The first kappa shape index (κ1) is 23.3. The van der Waals surface area contributed by atoms with Gasteiger partial charge >= 0.3 is 0 Å². The molecule has 0 bridgehead atoms. The Morgan fingerprint density at radius 2 is 1.88 bits per heavy atom. The predicted octanol–water partition coefficient (Wildman–Crippen LogP) is 4.51. The summed E-state index contributed by atoms with van der Waals surface area (Å²) in [6, 6.07) is 16.3. The van der Waals surface area contributed by atoms with Crippen LogP contribution in [0.15, 0.2) is 75.5 Å². The summed E-state index contributed by atoms with van der Waals surface area (Å²) in [5.41, 5.74) is 8.79.